The molecule has 2 aromatic carbocycles. The fraction of sp³-hybridized carbons (Fsp3) is 0.273. The second kappa shape index (κ2) is 7.93. The van der Waals surface area contributed by atoms with Crippen molar-refractivity contribution >= 4 is 15.8 Å². The number of hydrogen-bond acceptors (Lipinski definition) is 5. The van der Waals surface area contributed by atoms with Crippen molar-refractivity contribution in [2.75, 3.05) is 31.1 Å². The average Bonchev–Trinajstić information content (AvgIpc) is 2.74. The molecular formula is C22H24N4O2S. The smallest absolute Gasteiger partial charge is 0.243 e. The summed E-state index contributed by atoms with van der Waals surface area (Å²) in [5, 5.41) is 8.69. The highest BCUT2D eigenvalue weighted by Crippen LogP contribution is 2.23. The van der Waals surface area contributed by atoms with E-state index in [1.807, 2.05) is 62.4 Å². The third kappa shape index (κ3) is 4.16. The third-order valence-corrected chi connectivity index (χ3v) is 6.99. The van der Waals surface area contributed by atoms with Gasteiger partial charge in [-0.1, -0.05) is 36.4 Å². The van der Waals surface area contributed by atoms with Crippen molar-refractivity contribution in [2.24, 2.45) is 0 Å². The lowest BCUT2D eigenvalue weighted by molar-refractivity contribution is 0.383. The van der Waals surface area contributed by atoms with Crippen molar-refractivity contribution in [1.29, 1.82) is 0 Å². The van der Waals surface area contributed by atoms with Crippen LogP contribution in [0.3, 0.4) is 0 Å². The summed E-state index contributed by atoms with van der Waals surface area (Å²) in [6.45, 7) is 5.87. The van der Waals surface area contributed by atoms with E-state index in [9.17, 15) is 8.42 Å². The van der Waals surface area contributed by atoms with Crippen LogP contribution in [0.1, 0.15) is 11.1 Å². The molecule has 6 nitrogen and oxygen atoms in total. The first-order chi connectivity index (χ1) is 13.9. The van der Waals surface area contributed by atoms with Crippen molar-refractivity contribution in [1.82, 2.24) is 14.5 Å². The van der Waals surface area contributed by atoms with Crippen molar-refractivity contribution in [3.63, 3.8) is 0 Å². The molecule has 0 radical (unpaired) electrons. The summed E-state index contributed by atoms with van der Waals surface area (Å²) < 4.78 is 27.6. The van der Waals surface area contributed by atoms with Crippen molar-refractivity contribution < 1.29 is 8.42 Å². The second-order valence-corrected chi connectivity index (χ2v) is 9.30. The molecule has 3 aromatic rings. The Morgan fingerprint density at radius 3 is 2.03 bits per heavy atom. The molecule has 0 amide bonds. The quantitative estimate of drug-likeness (QED) is 0.663. The first-order valence-electron chi connectivity index (χ1n) is 9.66. The van der Waals surface area contributed by atoms with Gasteiger partial charge < -0.3 is 4.90 Å². The predicted molar refractivity (Wildman–Crippen MR) is 114 cm³/mol. The molecule has 0 spiro atoms. The maximum atomic E-state index is 13.0. The standard InChI is InChI=1S/C22H24N4O2S/c1-17-14-18(2)16-20(15-17)29(27,28)26-12-10-25(11-13-26)22-9-8-21(23-24-22)19-6-4-3-5-7-19/h3-9,14-16H,10-13H2,1-2H3. The summed E-state index contributed by atoms with van der Waals surface area (Å²) in [7, 11) is -3.48. The summed E-state index contributed by atoms with van der Waals surface area (Å²) in [6.07, 6.45) is 0. The lowest BCUT2D eigenvalue weighted by Crippen LogP contribution is -2.49. The molecule has 0 unspecified atom stereocenters. The van der Waals surface area contributed by atoms with Crippen LogP contribution in [-0.4, -0.2) is 49.1 Å². The van der Waals surface area contributed by atoms with Gasteiger partial charge in [0.15, 0.2) is 5.82 Å². The third-order valence-electron chi connectivity index (χ3n) is 5.12. The zero-order chi connectivity index (χ0) is 20.4. The van der Waals surface area contributed by atoms with Gasteiger partial charge in [0.2, 0.25) is 10.0 Å². The summed E-state index contributed by atoms with van der Waals surface area (Å²) in [6, 6.07) is 19.3. The van der Waals surface area contributed by atoms with Crippen molar-refractivity contribution in [3.05, 3.63) is 71.8 Å². The summed E-state index contributed by atoms with van der Waals surface area (Å²) in [4.78, 5) is 2.45. The van der Waals surface area contributed by atoms with Crippen molar-refractivity contribution in [3.8, 4) is 11.3 Å². The molecule has 1 saturated heterocycles. The van der Waals surface area contributed by atoms with Gasteiger partial charge in [0.25, 0.3) is 0 Å². The van der Waals surface area contributed by atoms with E-state index < -0.39 is 10.0 Å². The van der Waals surface area contributed by atoms with Crippen LogP contribution < -0.4 is 4.90 Å². The Morgan fingerprint density at radius 1 is 0.793 bits per heavy atom. The van der Waals surface area contributed by atoms with Gasteiger partial charge in [-0.2, -0.15) is 4.31 Å². The topological polar surface area (TPSA) is 66.4 Å². The van der Waals surface area contributed by atoms with Crippen molar-refractivity contribution in [2.45, 2.75) is 18.7 Å². The zero-order valence-electron chi connectivity index (χ0n) is 16.6. The molecule has 1 aliphatic rings. The number of anilines is 1. The van der Waals surface area contributed by atoms with Crippen LogP contribution in [0.5, 0.6) is 0 Å². The Morgan fingerprint density at radius 2 is 1.45 bits per heavy atom. The molecule has 1 aromatic heterocycles. The van der Waals surface area contributed by atoms with Gasteiger partial charge >= 0.3 is 0 Å². The van der Waals surface area contributed by atoms with Gasteiger partial charge in [-0.15, -0.1) is 10.2 Å². The highest BCUT2D eigenvalue weighted by Gasteiger charge is 2.29. The molecule has 1 aliphatic heterocycles. The van der Waals surface area contributed by atoms with Gasteiger partial charge in [-0.25, -0.2) is 8.42 Å². The number of piperazine rings is 1. The second-order valence-electron chi connectivity index (χ2n) is 7.36. The average molecular weight is 409 g/mol. The van der Waals surface area contributed by atoms with E-state index in [0.717, 1.165) is 28.2 Å². The Balaban J connectivity index is 1.45. The highest BCUT2D eigenvalue weighted by molar-refractivity contribution is 7.89. The van der Waals surface area contributed by atoms with E-state index in [1.54, 1.807) is 16.4 Å². The molecule has 150 valence electrons. The molecule has 2 heterocycles. The van der Waals surface area contributed by atoms with Gasteiger partial charge in [0.1, 0.15) is 0 Å². The van der Waals surface area contributed by atoms with Gasteiger partial charge in [0.05, 0.1) is 10.6 Å². The van der Waals surface area contributed by atoms with E-state index in [4.69, 9.17) is 0 Å². The van der Waals surface area contributed by atoms with Crippen LogP contribution in [0.2, 0.25) is 0 Å². The number of sulfonamides is 1. The summed E-state index contributed by atoms with van der Waals surface area (Å²) >= 11 is 0. The molecule has 0 aliphatic carbocycles. The maximum absolute atomic E-state index is 13.0. The van der Waals surface area contributed by atoms with Gasteiger partial charge in [-0.3, -0.25) is 0 Å². The van der Waals surface area contributed by atoms with Crippen LogP contribution >= 0.6 is 0 Å². The largest absolute Gasteiger partial charge is 0.352 e. The molecule has 1 fully saturated rings. The van der Waals surface area contributed by atoms with Crippen LogP contribution in [0.25, 0.3) is 11.3 Å². The molecule has 7 heteroatoms. The fourth-order valence-corrected chi connectivity index (χ4v) is 5.26. The van der Waals surface area contributed by atoms with E-state index in [1.165, 1.54) is 0 Å². The summed E-state index contributed by atoms with van der Waals surface area (Å²) in [5.41, 5.74) is 3.76. The maximum Gasteiger partial charge on any atom is 0.243 e. The number of aromatic nitrogens is 2. The Hall–Kier alpha value is -2.77. The number of nitrogens with zero attached hydrogens (tertiary/aromatic N) is 4. The first kappa shape index (κ1) is 19.5. The molecule has 29 heavy (non-hydrogen) atoms. The molecular weight excluding hydrogens is 384 g/mol. The minimum absolute atomic E-state index is 0.371. The monoisotopic (exact) mass is 408 g/mol. The SMILES string of the molecule is Cc1cc(C)cc(S(=O)(=O)N2CCN(c3ccc(-c4ccccc4)nn3)CC2)c1. The molecule has 0 atom stereocenters. The molecule has 0 N–H and O–H groups in total. The van der Waals surface area contributed by atoms with Crippen LogP contribution in [0, 0.1) is 13.8 Å². The highest BCUT2D eigenvalue weighted by atomic mass is 32.2. The Labute approximate surface area is 171 Å². The normalized spacial score (nSPS) is 15.4. The number of aryl methyl sites for hydroxylation is 2. The van der Waals surface area contributed by atoms with E-state index in [0.29, 0.717) is 31.1 Å². The fourth-order valence-electron chi connectivity index (χ4n) is 3.65. The first-order valence-corrected chi connectivity index (χ1v) is 11.1. The lowest BCUT2D eigenvalue weighted by atomic mass is 10.1. The Kier molecular flexibility index (Phi) is 5.34. The molecule has 4 rings (SSSR count). The molecule has 0 bridgehead atoms. The predicted octanol–water partition coefficient (Wildman–Crippen LogP) is 3.27. The van der Waals surface area contributed by atoms with Crippen LogP contribution in [0.15, 0.2) is 65.6 Å². The molecule has 0 saturated carbocycles. The van der Waals surface area contributed by atoms with Gasteiger partial charge in [-0.05, 0) is 49.2 Å². The zero-order valence-corrected chi connectivity index (χ0v) is 17.4. The van der Waals surface area contributed by atoms with E-state index in [2.05, 4.69) is 15.1 Å². The number of hydrogen-bond donors (Lipinski definition) is 0. The van der Waals surface area contributed by atoms with Crippen LogP contribution in [0.4, 0.5) is 5.82 Å². The summed E-state index contributed by atoms with van der Waals surface area (Å²) in [5.74, 6) is 0.771. The van der Waals surface area contributed by atoms with E-state index in [-0.39, 0.29) is 0 Å². The minimum Gasteiger partial charge on any atom is -0.352 e. The number of rotatable bonds is 4. The lowest BCUT2D eigenvalue weighted by Gasteiger charge is -2.34. The Bertz CT molecular complexity index is 1070. The van der Waals surface area contributed by atoms with E-state index >= 15 is 0 Å². The number of benzene rings is 2. The minimum atomic E-state index is -3.48. The van der Waals surface area contributed by atoms with Crippen LogP contribution in [-0.2, 0) is 10.0 Å². The van der Waals surface area contributed by atoms with Gasteiger partial charge in [0, 0.05) is 31.7 Å².